The lowest BCUT2D eigenvalue weighted by molar-refractivity contribution is -0.131. The highest BCUT2D eigenvalue weighted by molar-refractivity contribution is 5.96. The molecule has 0 spiro atoms. The van der Waals surface area contributed by atoms with Crippen molar-refractivity contribution in [1.29, 1.82) is 0 Å². The molecule has 0 saturated heterocycles. The molecule has 0 aliphatic carbocycles. The van der Waals surface area contributed by atoms with Gasteiger partial charge in [-0.25, -0.2) is 4.68 Å². The van der Waals surface area contributed by atoms with Gasteiger partial charge in [-0.1, -0.05) is 18.2 Å². The highest BCUT2D eigenvalue weighted by Crippen LogP contribution is 2.19. The van der Waals surface area contributed by atoms with Crippen molar-refractivity contribution in [3.8, 4) is 11.4 Å². The molecule has 0 radical (unpaired) electrons. The average Bonchev–Trinajstić information content (AvgIpc) is 2.97. The van der Waals surface area contributed by atoms with E-state index in [-0.39, 0.29) is 23.9 Å². The van der Waals surface area contributed by atoms with Gasteiger partial charge in [0.1, 0.15) is 0 Å². The zero-order valence-corrected chi connectivity index (χ0v) is 14.1. The molecule has 2 aromatic rings. The number of carbonyl (C=O) groups is 2. The molecule has 7 heteroatoms. The monoisotopic (exact) mass is 330 g/mol. The minimum atomic E-state index is -0.498. The van der Waals surface area contributed by atoms with Gasteiger partial charge in [0, 0.05) is 20.1 Å². The molecule has 7 nitrogen and oxygen atoms in total. The smallest absolute Gasteiger partial charge is 0.278 e. The Morgan fingerprint density at radius 3 is 2.38 bits per heavy atom. The summed E-state index contributed by atoms with van der Waals surface area (Å²) in [4.78, 5) is 27.5. The summed E-state index contributed by atoms with van der Waals surface area (Å²) in [5, 5.41) is 14.2. The van der Waals surface area contributed by atoms with Crippen molar-refractivity contribution < 1.29 is 14.7 Å². The van der Waals surface area contributed by atoms with Crippen LogP contribution < -0.4 is 0 Å². The fourth-order valence-electron chi connectivity index (χ4n) is 2.36. The Hall–Kier alpha value is -2.83. The highest BCUT2D eigenvalue weighted by Gasteiger charge is 2.23. The Morgan fingerprint density at radius 1 is 1.17 bits per heavy atom. The molecule has 0 aliphatic heterocycles. The van der Waals surface area contributed by atoms with E-state index in [9.17, 15) is 14.7 Å². The summed E-state index contributed by atoms with van der Waals surface area (Å²) in [5.74, 6) is -0.855. The number of carbonyl (C=O) groups excluding carboxylic acids is 2. The minimum absolute atomic E-state index is 0.0574. The van der Waals surface area contributed by atoms with Crippen LogP contribution >= 0.6 is 0 Å². The van der Waals surface area contributed by atoms with E-state index >= 15 is 0 Å². The van der Waals surface area contributed by atoms with E-state index in [0.717, 1.165) is 5.69 Å². The lowest BCUT2D eigenvalue weighted by atomic mass is 10.3. The second-order valence-electron chi connectivity index (χ2n) is 5.37. The van der Waals surface area contributed by atoms with Crippen LogP contribution in [-0.4, -0.2) is 63.2 Å². The fraction of sp³-hybridized carbons (Fsp3) is 0.353. The van der Waals surface area contributed by atoms with Crippen molar-refractivity contribution in [1.82, 2.24) is 19.6 Å². The van der Waals surface area contributed by atoms with Crippen molar-refractivity contribution in [3.63, 3.8) is 0 Å². The van der Waals surface area contributed by atoms with E-state index in [4.69, 9.17) is 0 Å². The maximum absolute atomic E-state index is 12.5. The average molecular weight is 330 g/mol. The normalized spacial score (nSPS) is 10.5. The molecule has 2 rings (SSSR count). The van der Waals surface area contributed by atoms with E-state index < -0.39 is 5.91 Å². The van der Waals surface area contributed by atoms with Gasteiger partial charge in [-0.3, -0.25) is 9.59 Å². The van der Waals surface area contributed by atoms with Gasteiger partial charge in [0.15, 0.2) is 11.4 Å². The maximum Gasteiger partial charge on any atom is 0.278 e. The number of amides is 2. The van der Waals surface area contributed by atoms with Crippen LogP contribution in [0, 0.1) is 0 Å². The number of para-hydroxylation sites is 1. The van der Waals surface area contributed by atoms with E-state index in [0.29, 0.717) is 13.1 Å². The van der Waals surface area contributed by atoms with E-state index in [1.54, 1.807) is 4.90 Å². The first-order chi connectivity index (χ1) is 11.5. The van der Waals surface area contributed by atoms with Gasteiger partial charge < -0.3 is 14.9 Å². The number of hydrogen-bond donors (Lipinski definition) is 1. The summed E-state index contributed by atoms with van der Waals surface area (Å²) in [7, 11) is 1.52. The van der Waals surface area contributed by atoms with Crippen LogP contribution in [0.3, 0.4) is 0 Å². The third kappa shape index (κ3) is 3.73. The molecule has 24 heavy (non-hydrogen) atoms. The quantitative estimate of drug-likeness (QED) is 0.871. The molecule has 1 aromatic heterocycles. The van der Waals surface area contributed by atoms with E-state index in [1.165, 1.54) is 22.8 Å². The molecule has 0 bridgehead atoms. The summed E-state index contributed by atoms with van der Waals surface area (Å²) < 4.78 is 1.43. The summed E-state index contributed by atoms with van der Waals surface area (Å²) >= 11 is 0. The predicted molar refractivity (Wildman–Crippen MR) is 90.1 cm³/mol. The Balaban J connectivity index is 2.15. The summed E-state index contributed by atoms with van der Waals surface area (Å²) in [5.41, 5.74) is 0.655. The number of nitrogens with zero attached hydrogens (tertiary/aromatic N) is 4. The molecule has 0 fully saturated rings. The summed E-state index contributed by atoms with van der Waals surface area (Å²) in [6, 6.07) is 9.17. The number of rotatable bonds is 6. The predicted octanol–water partition coefficient (Wildman–Crippen LogP) is 1.52. The van der Waals surface area contributed by atoms with Gasteiger partial charge in [0.05, 0.1) is 18.4 Å². The summed E-state index contributed by atoms with van der Waals surface area (Å²) in [6.45, 7) is 4.89. The van der Waals surface area contributed by atoms with Crippen LogP contribution in [-0.2, 0) is 4.79 Å². The van der Waals surface area contributed by atoms with Crippen LogP contribution in [0.5, 0.6) is 5.75 Å². The molecule has 0 unspecified atom stereocenters. The third-order valence-corrected chi connectivity index (χ3v) is 3.75. The van der Waals surface area contributed by atoms with Crippen molar-refractivity contribution in [2.24, 2.45) is 0 Å². The first kappa shape index (κ1) is 17.5. The molecule has 1 N–H and O–H groups in total. The topological polar surface area (TPSA) is 78.7 Å². The van der Waals surface area contributed by atoms with Crippen molar-refractivity contribution in [2.45, 2.75) is 13.8 Å². The van der Waals surface area contributed by atoms with Gasteiger partial charge in [-0.15, -0.1) is 0 Å². The second kappa shape index (κ2) is 7.63. The van der Waals surface area contributed by atoms with Gasteiger partial charge in [0.25, 0.3) is 5.91 Å². The zero-order valence-electron chi connectivity index (χ0n) is 14.1. The first-order valence-electron chi connectivity index (χ1n) is 7.85. The Bertz CT molecular complexity index is 708. The van der Waals surface area contributed by atoms with Crippen LogP contribution in [0.2, 0.25) is 0 Å². The molecule has 128 valence electrons. The zero-order chi connectivity index (χ0) is 17.7. The largest absolute Gasteiger partial charge is 0.504 e. The molecular weight excluding hydrogens is 308 g/mol. The van der Waals surface area contributed by atoms with Gasteiger partial charge in [0.2, 0.25) is 5.91 Å². The first-order valence-corrected chi connectivity index (χ1v) is 7.85. The van der Waals surface area contributed by atoms with Crippen LogP contribution in [0.15, 0.2) is 36.5 Å². The third-order valence-electron chi connectivity index (χ3n) is 3.75. The van der Waals surface area contributed by atoms with E-state index in [2.05, 4.69) is 5.10 Å². The lowest BCUT2D eigenvalue weighted by Crippen LogP contribution is -2.41. The SMILES string of the molecule is CCN(CC)C(=O)CN(C)C(=O)c1nn(-c2ccccc2)cc1O. The molecule has 0 atom stereocenters. The van der Waals surface area contributed by atoms with Gasteiger partial charge in [-0.05, 0) is 26.0 Å². The van der Waals surface area contributed by atoms with Crippen molar-refractivity contribution in [3.05, 3.63) is 42.2 Å². The Labute approximate surface area is 141 Å². The number of hydrogen-bond acceptors (Lipinski definition) is 4. The van der Waals surface area contributed by atoms with Crippen molar-refractivity contribution in [2.75, 3.05) is 26.7 Å². The number of benzene rings is 1. The standard InChI is InChI=1S/C17H22N4O3/c1-4-20(5-2)15(23)12-19(3)17(24)16-14(22)11-21(18-16)13-9-7-6-8-10-13/h6-11,22H,4-5,12H2,1-3H3. The molecule has 1 heterocycles. The van der Waals surface area contributed by atoms with E-state index in [1.807, 2.05) is 44.2 Å². The fourth-order valence-corrected chi connectivity index (χ4v) is 2.36. The number of likely N-dealkylation sites (N-methyl/N-ethyl adjacent to an activating group) is 2. The van der Waals surface area contributed by atoms with Crippen LogP contribution in [0.25, 0.3) is 5.69 Å². The molecule has 1 aromatic carbocycles. The Kier molecular flexibility index (Phi) is 5.57. The minimum Gasteiger partial charge on any atom is -0.504 e. The Morgan fingerprint density at radius 2 is 1.79 bits per heavy atom. The lowest BCUT2D eigenvalue weighted by Gasteiger charge is -2.22. The maximum atomic E-state index is 12.5. The van der Waals surface area contributed by atoms with Crippen LogP contribution in [0.1, 0.15) is 24.3 Å². The summed E-state index contributed by atoms with van der Waals surface area (Å²) in [6.07, 6.45) is 1.38. The highest BCUT2D eigenvalue weighted by atomic mass is 16.3. The molecular formula is C17H22N4O3. The molecule has 2 amide bonds. The number of aromatic nitrogens is 2. The van der Waals surface area contributed by atoms with Crippen molar-refractivity contribution >= 4 is 11.8 Å². The molecule has 0 saturated carbocycles. The van der Waals surface area contributed by atoms with Gasteiger partial charge in [-0.2, -0.15) is 5.10 Å². The second-order valence-corrected chi connectivity index (χ2v) is 5.37. The van der Waals surface area contributed by atoms with Crippen LogP contribution in [0.4, 0.5) is 0 Å². The number of aromatic hydroxyl groups is 1. The van der Waals surface area contributed by atoms with Gasteiger partial charge >= 0.3 is 0 Å². The molecule has 0 aliphatic rings.